The zero-order valence-electron chi connectivity index (χ0n) is 8.08. The van der Waals surface area contributed by atoms with E-state index in [1.54, 1.807) is 13.0 Å². The number of carbonyl (C=O) groups excluding carboxylic acids is 1. The summed E-state index contributed by atoms with van der Waals surface area (Å²) in [6.07, 6.45) is -0.617. The Hall–Kier alpha value is -1.03. The number of ether oxygens (including phenoxy) is 1. The first-order valence-corrected chi connectivity index (χ1v) is 5.02. The van der Waals surface area contributed by atoms with E-state index in [4.69, 9.17) is 10.5 Å². The minimum atomic E-state index is -0.617. The maximum atomic E-state index is 10.8. The second kappa shape index (κ2) is 4.46. The number of halogens is 1. The van der Waals surface area contributed by atoms with Gasteiger partial charge in [-0.2, -0.15) is 0 Å². The zero-order valence-corrected chi connectivity index (χ0v) is 9.67. The summed E-state index contributed by atoms with van der Waals surface area (Å²) in [4.78, 5) is 10.8. The third kappa shape index (κ3) is 2.73. The summed E-state index contributed by atoms with van der Waals surface area (Å²) in [7, 11) is 0. The van der Waals surface area contributed by atoms with Crippen molar-refractivity contribution >= 4 is 21.8 Å². The lowest BCUT2D eigenvalue weighted by molar-refractivity contribution is -0.124. The van der Waals surface area contributed by atoms with Gasteiger partial charge in [0.25, 0.3) is 5.91 Å². The summed E-state index contributed by atoms with van der Waals surface area (Å²) < 4.78 is 6.16. The van der Waals surface area contributed by atoms with Gasteiger partial charge in [-0.05, 0) is 47.5 Å². The molecule has 1 atom stereocenters. The molecule has 1 aromatic carbocycles. The van der Waals surface area contributed by atoms with Gasteiger partial charge in [0.1, 0.15) is 5.75 Å². The van der Waals surface area contributed by atoms with Gasteiger partial charge in [-0.3, -0.25) is 4.79 Å². The van der Waals surface area contributed by atoms with Crippen LogP contribution in [0.4, 0.5) is 0 Å². The Morgan fingerprint density at radius 1 is 1.57 bits per heavy atom. The van der Waals surface area contributed by atoms with E-state index in [0.29, 0.717) is 5.75 Å². The van der Waals surface area contributed by atoms with Crippen LogP contribution in [0.1, 0.15) is 12.5 Å². The van der Waals surface area contributed by atoms with Crippen molar-refractivity contribution in [2.24, 2.45) is 5.73 Å². The van der Waals surface area contributed by atoms with Gasteiger partial charge >= 0.3 is 0 Å². The maximum absolute atomic E-state index is 10.8. The van der Waals surface area contributed by atoms with Crippen molar-refractivity contribution in [3.8, 4) is 5.75 Å². The molecule has 14 heavy (non-hydrogen) atoms. The molecule has 1 rings (SSSR count). The van der Waals surface area contributed by atoms with Crippen molar-refractivity contribution in [1.29, 1.82) is 0 Å². The van der Waals surface area contributed by atoms with Crippen LogP contribution in [-0.4, -0.2) is 12.0 Å². The molecule has 0 saturated carbocycles. The first-order valence-electron chi connectivity index (χ1n) is 4.23. The van der Waals surface area contributed by atoms with Crippen molar-refractivity contribution < 1.29 is 9.53 Å². The van der Waals surface area contributed by atoms with E-state index in [0.717, 1.165) is 10.0 Å². The lowest BCUT2D eigenvalue weighted by Gasteiger charge is -2.12. The normalized spacial score (nSPS) is 12.2. The highest BCUT2D eigenvalue weighted by atomic mass is 79.9. The summed E-state index contributed by atoms with van der Waals surface area (Å²) >= 11 is 3.35. The standard InChI is InChI=1S/C10H12BrNO2/c1-6-3-4-9(8(11)5-6)14-7(2)10(12)13/h3-5,7H,1-2H3,(H2,12,13)/t7-/m0/s1. The van der Waals surface area contributed by atoms with E-state index in [1.807, 2.05) is 19.1 Å². The lowest BCUT2D eigenvalue weighted by atomic mass is 10.2. The van der Waals surface area contributed by atoms with Crippen LogP contribution in [0.2, 0.25) is 0 Å². The fourth-order valence-electron chi connectivity index (χ4n) is 0.950. The maximum Gasteiger partial charge on any atom is 0.258 e. The van der Waals surface area contributed by atoms with Gasteiger partial charge in [0.05, 0.1) is 4.47 Å². The molecule has 0 heterocycles. The Morgan fingerprint density at radius 2 is 2.21 bits per heavy atom. The van der Waals surface area contributed by atoms with E-state index in [9.17, 15) is 4.79 Å². The third-order valence-electron chi connectivity index (χ3n) is 1.79. The Morgan fingerprint density at radius 3 is 2.71 bits per heavy atom. The average molecular weight is 258 g/mol. The molecule has 0 unspecified atom stereocenters. The van der Waals surface area contributed by atoms with E-state index < -0.39 is 12.0 Å². The second-order valence-electron chi connectivity index (χ2n) is 3.10. The van der Waals surface area contributed by atoms with Crippen LogP contribution in [0, 0.1) is 6.92 Å². The van der Waals surface area contributed by atoms with Crippen LogP contribution >= 0.6 is 15.9 Å². The molecule has 2 N–H and O–H groups in total. The lowest BCUT2D eigenvalue weighted by Crippen LogP contribution is -2.30. The monoisotopic (exact) mass is 257 g/mol. The van der Waals surface area contributed by atoms with Crippen molar-refractivity contribution in [2.75, 3.05) is 0 Å². The van der Waals surface area contributed by atoms with Gasteiger partial charge in [0, 0.05) is 0 Å². The fourth-order valence-corrected chi connectivity index (χ4v) is 1.54. The van der Waals surface area contributed by atoms with Crippen molar-refractivity contribution in [3.05, 3.63) is 28.2 Å². The molecule has 4 heteroatoms. The molecule has 1 amide bonds. The van der Waals surface area contributed by atoms with Crippen LogP contribution in [-0.2, 0) is 4.79 Å². The van der Waals surface area contributed by atoms with Gasteiger partial charge in [-0.25, -0.2) is 0 Å². The topological polar surface area (TPSA) is 52.3 Å². The highest BCUT2D eigenvalue weighted by Crippen LogP contribution is 2.26. The first-order chi connectivity index (χ1) is 6.50. The van der Waals surface area contributed by atoms with Gasteiger partial charge in [-0.15, -0.1) is 0 Å². The molecule has 0 saturated heterocycles. The van der Waals surface area contributed by atoms with Gasteiger partial charge < -0.3 is 10.5 Å². The molecule has 0 spiro atoms. The quantitative estimate of drug-likeness (QED) is 0.901. The number of benzene rings is 1. The molecule has 1 aromatic rings. The Bertz CT molecular complexity index is 352. The van der Waals surface area contributed by atoms with Crippen LogP contribution < -0.4 is 10.5 Å². The summed E-state index contributed by atoms with van der Waals surface area (Å²) in [5.74, 6) is 0.152. The SMILES string of the molecule is Cc1ccc(O[C@@H](C)C(N)=O)c(Br)c1. The molecule has 0 aliphatic carbocycles. The fraction of sp³-hybridized carbons (Fsp3) is 0.300. The molecule has 76 valence electrons. The number of aryl methyl sites for hydroxylation is 1. The largest absolute Gasteiger partial charge is 0.480 e. The highest BCUT2D eigenvalue weighted by Gasteiger charge is 2.11. The Labute approximate surface area is 91.4 Å². The molecule has 0 aromatic heterocycles. The predicted molar refractivity (Wildman–Crippen MR) is 58.2 cm³/mol. The number of hydrogen-bond donors (Lipinski definition) is 1. The molecule has 0 fully saturated rings. The number of rotatable bonds is 3. The van der Waals surface area contributed by atoms with Crippen molar-refractivity contribution in [1.82, 2.24) is 0 Å². The van der Waals surface area contributed by atoms with E-state index in [-0.39, 0.29) is 0 Å². The Balaban J connectivity index is 2.82. The zero-order chi connectivity index (χ0) is 10.7. The van der Waals surface area contributed by atoms with Gasteiger partial charge in [0.15, 0.2) is 6.10 Å². The van der Waals surface area contributed by atoms with E-state index in [2.05, 4.69) is 15.9 Å². The predicted octanol–water partition coefficient (Wildman–Crippen LogP) is 2.01. The van der Waals surface area contributed by atoms with Crippen LogP contribution in [0.3, 0.4) is 0 Å². The molecule has 0 aliphatic rings. The minimum absolute atomic E-state index is 0.475. The van der Waals surface area contributed by atoms with Crippen molar-refractivity contribution in [2.45, 2.75) is 20.0 Å². The molecular weight excluding hydrogens is 246 g/mol. The van der Waals surface area contributed by atoms with Crippen LogP contribution in [0.15, 0.2) is 22.7 Å². The van der Waals surface area contributed by atoms with Crippen molar-refractivity contribution in [3.63, 3.8) is 0 Å². The molecule has 0 radical (unpaired) electrons. The van der Waals surface area contributed by atoms with E-state index >= 15 is 0 Å². The number of nitrogens with two attached hydrogens (primary N) is 1. The van der Waals surface area contributed by atoms with Crippen LogP contribution in [0.5, 0.6) is 5.75 Å². The average Bonchev–Trinajstić information content (AvgIpc) is 2.09. The number of hydrogen-bond acceptors (Lipinski definition) is 2. The Kier molecular flexibility index (Phi) is 3.52. The minimum Gasteiger partial charge on any atom is -0.480 e. The number of carbonyl (C=O) groups is 1. The van der Waals surface area contributed by atoms with Crippen LogP contribution in [0.25, 0.3) is 0 Å². The van der Waals surface area contributed by atoms with Gasteiger partial charge in [-0.1, -0.05) is 6.07 Å². The summed E-state index contributed by atoms with van der Waals surface area (Å²) in [5.41, 5.74) is 6.21. The smallest absolute Gasteiger partial charge is 0.258 e. The molecule has 0 bridgehead atoms. The first kappa shape index (κ1) is 11.0. The summed E-state index contributed by atoms with van der Waals surface area (Å²) in [6.45, 7) is 3.60. The molecule has 3 nitrogen and oxygen atoms in total. The number of primary amides is 1. The van der Waals surface area contributed by atoms with E-state index in [1.165, 1.54) is 0 Å². The second-order valence-corrected chi connectivity index (χ2v) is 3.95. The third-order valence-corrected chi connectivity index (χ3v) is 2.41. The summed E-state index contributed by atoms with van der Waals surface area (Å²) in [5, 5.41) is 0. The summed E-state index contributed by atoms with van der Waals surface area (Å²) in [6, 6.07) is 5.63. The molecule has 0 aliphatic heterocycles. The van der Waals surface area contributed by atoms with Gasteiger partial charge in [0.2, 0.25) is 0 Å². The molecular formula is C10H12BrNO2. The number of amides is 1. The highest BCUT2D eigenvalue weighted by molar-refractivity contribution is 9.10.